The maximum Gasteiger partial charge on any atom is 0.250 e. The van der Waals surface area contributed by atoms with Crippen molar-refractivity contribution in [3.63, 3.8) is 0 Å². The van der Waals surface area contributed by atoms with Crippen molar-refractivity contribution in [3.05, 3.63) is 59.7 Å². The molecule has 2 rings (SSSR count). The Bertz CT molecular complexity index is 731. The summed E-state index contributed by atoms with van der Waals surface area (Å²) in [4.78, 5) is 23.5. The van der Waals surface area contributed by atoms with Gasteiger partial charge in [0.15, 0.2) is 0 Å². The molecule has 0 heterocycles. The summed E-state index contributed by atoms with van der Waals surface area (Å²) in [6, 6.07) is 14.1. The third-order valence-electron chi connectivity index (χ3n) is 3.61. The van der Waals surface area contributed by atoms with E-state index in [1.54, 1.807) is 31.4 Å². The van der Waals surface area contributed by atoms with E-state index >= 15 is 0 Å². The van der Waals surface area contributed by atoms with E-state index in [4.69, 9.17) is 10.5 Å². The first-order valence-corrected chi connectivity index (χ1v) is 7.58. The van der Waals surface area contributed by atoms with E-state index in [9.17, 15) is 9.59 Å². The van der Waals surface area contributed by atoms with Gasteiger partial charge in [0.25, 0.3) is 5.91 Å². The Kier molecular flexibility index (Phi) is 5.78. The molecule has 0 spiro atoms. The summed E-state index contributed by atoms with van der Waals surface area (Å²) >= 11 is 0. The number of hydrogen-bond acceptors (Lipinski definition) is 4. The zero-order chi connectivity index (χ0) is 17.5. The van der Waals surface area contributed by atoms with Gasteiger partial charge in [-0.25, -0.2) is 0 Å². The van der Waals surface area contributed by atoms with Crippen LogP contribution in [0.3, 0.4) is 0 Å². The summed E-state index contributed by atoms with van der Waals surface area (Å²) in [6.45, 7) is 1.91. The summed E-state index contributed by atoms with van der Waals surface area (Å²) in [5.74, 6) is -0.0223. The average molecular weight is 327 g/mol. The maximum absolute atomic E-state index is 12.2. The molecule has 0 unspecified atom stereocenters. The number of benzene rings is 2. The molecule has 126 valence electrons. The van der Waals surface area contributed by atoms with E-state index in [0.29, 0.717) is 11.3 Å². The fraction of sp³-hybridized carbons (Fsp3) is 0.222. The van der Waals surface area contributed by atoms with Crippen molar-refractivity contribution in [1.82, 2.24) is 5.32 Å². The fourth-order valence-corrected chi connectivity index (χ4v) is 2.42. The molecule has 0 radical (unpaired) electrons. The number of nitrogens with one attached hydrogen (secondary N) is 2. The number of carbonyl (C=O) groups is 2. The topological polar surface area (TPSA) is 93.4 Å². The van der Waals surface area contributed by atoms with Gasteiger partial charge < -0.3 is 21.1 Å². The molecule has 2 aromatic carbocycles. The van der Waals surface area contributed by atoms with Gasteiger partial charge in [0.05, 0.1) is 25.3 Å². The lowest BCUT2D eigenvalue weighted by molar-refractivity contribution is -0.120. The van der Waals surface area contributed by atoms with Crippen LogP contribution in [-0.4, -0.2) is 25.5 Å². The molecule has 0 aromatic heterocycles. The molecule has 6 heteroatoms. The molecular weight excluding hydrogens is 306 g/mol. The Morgan fingerprint density at radius 3 is 2.50 bits per heavy atom. The van der Waals surface area contributed by atoms with Gasteiger partial charge in [0.1, 0.15) is 5.75 Å². The number of methoxy groups -OCH3 is 1. The van der Waals surface area contributed by atoms with Gasteiger partial charge in [-0.1, -0.05) is 30.3 Å². The van der Waals surface area contributed by atoms with Crippen LogP contribution < -0.4 is 21.1 Å². The SMILES string of the molecule is COc1ccccc1[C@H](C)NC(=O)CNc1ccccc1C(N)=O. The van der Waals surface area contributed by atoms with Gasteiger partial charge in [0, 0.05) is 11.3 Å². The summed E-state index contributed by atoms with van der Waals surface area (Å²) < 4.78 is 5.30. The molecule has 0 saturated heterocycles. The quantitative estimate of drug-likeness (QED) is 0.726. The largest absolute Gasteiger partial charge is 0.496 e. The molecule has 2 amide bonds. The highest BCUT2D eigenvalue weighted by Crippen LogP contribution is 2.24. The van der Waals surface area contributed by atoms with Gasteiger partial charge >= 0.3 is 0 Å². The second-order valence-electron chi connectivity index (χ2n) is 5.29. The van der Waals surface area contributed by atoms with E-state index in [1.807, 2.05) is 31.2 Å². The monoisotopic (exact) mass is 327 g/mol. The first-order valence-electron chi connectivity index (χ1n) is 7.58. The number of carbonyl (C=O) groups excluding carboxylic acids is 2. The van der Waals surface area contributed by atoms with Crippen LogP contribution >= 0.6 is 0 Å². The van der Waals surface area contributed by atoms with Crippen LogP contribution in [0.4, 0.5) is 5.69 Å². The van der Waals surface area contributed by atoms with Crippen LogP contribution in [-0.2, 0) is 4.79 Å². The van der Waals surface area contributed by atoms with Crippen molar-refractivity contribution in [1.29, 1.82) is 0 Å². The number of hydrogen-bond donors (Lipinski definition) is 3. The maximum atomic E-state index is 12.2. The molecule has 1 atom stereocenters. The van der Waals surface area contributed by atoms with Gasteiger partial charge in [-0.3, -0.25) is 9.59 Å². The van der Waals surface area contributed by atoms with Crippen molar-refractivity contribution < 1.29 is 14.3 Å². The molecule has 6 nitrogen and oxygen atoms in total. The summed E-state index contributed by atoms with van der Waals surface area (Å²) in [5.41, 5.74) is 7.09. The molecular formula is C18H21N3O3. The minimum atomic E-state index is -0.541. The minimum absolute atomic E-state index is 0.0315. The zero-order valence-corrected chi connectivity index (χ0v) is 13.7. The summed E-state index contributed by atoms with van der Waals surface area (Å²) in [6.07, 6.45) is 0. The van der Waals surface area contributed by atoms with Gasteiger partial charge in [-0.05, 0) is 25.1 Å². The Morgan fingerprint density at radius 1 is 1.12 bits per heavy atom. The second-order valence-corrected chi connectivity index (χ2v) is 5.29. The molecule has 0 saturated carbocycles. The van der Waals surface area contributed by atoms with Crippen molar-refractivity contribution in [3.8, 4) is 5.75 Å². The molecule has 0 aliphatic carbocycles. The smallest absolute Gasteiger partial charge is 0.250 e. The lowest BCUT2D eigenvalue weighted by atomic mass is 10.1. The van der Waals surface area contributed by atoms with Gasteiger partial charge in [-0.2, -0.15) is 0 Å². The lowest BCUT2D eigenvalue weighted by Gasteiger charge is -2.18. The third kappa shape index (κ3) is 4.25. The van der Waals surface area contributed by atoms with Gasteiger partial charge in [-0.15, -0.1) is 0 Å². The standard InChI is InChI=1S/C18H21N3O3/c1-12(13-7-4-6-10-16(13)24-2)21-17(22)11-20-15-9-5-3-8-14(15)18(19)23/h3-10,12,20H,11H2,1-2H3,(H2,19,23)(H,21,22)/t12-/m0/s1. The van der Waals surface area contributed by atoms with E-state index in [1.165, 1.54) is 0 Å². The molecule has 4 N–H and O–H groups in total. The minimum Gasteiger partial charge on any atom is -0.496 e. The highest BCUT2D eigenvalue weighted by atomic mass is 16.5. The van der Waals surface area contributed by atoms with E-state index in [2.05, 4.69) is 10.6 Å². The predicted molar refractivity (Wildman–Crippen MR) is 93.0 cm³/mol. The molecule has 0 aliphatic heterocycles. The van der Waals surface area contributed by atoms with Crippen LogP contribution in [0, 0.1) is 0 Å². The first kappa shape index (κ1) is 17.3. The predicted octanol–water partition coefficient (Wildman–Crippen LogP) is 2.08. The van der Waals surface area contributed by atoms with Crippen LogP contribution in [0.25, 0.3) is 0 Å². The molecule has 0 aliphatic rings. The van der Waals surface area contributed by atoms with Crippen molar-refractivity contribution in [2.24, 2.45) is 5.73 Å². The number of nitrogens with two attached hydrogens (primary N) is 1. The molecule has 24 heavy (non-hydrogen) atoms. The van der Waals surface area contributed by atoms with E-state index < -0.39 is 5.91 Å². The Balaban J connectivity index is 1.98. The number of primary amides is 1. The molecule has 2 aromatic rings. The molecule has 0 fully saturated rings. The highest BCUT2D eigenvalue weighted by molar-refractivity contribution is 5.99. The summed E-state index contributed by atoms with van der Waals surface area (Å²) in [7, 11) is 1.59. The van der Waals surface area contributed by atoms with Crippen LogP contribution in [0.15, 0.2) is 48.5 Å². The number of anilines is 1. The van der Waals surface area contributed by atoms with Crippen molar-refractivity contribution in [2.45, 2.75) is 13.0 Å². The van der Waals surface area contributed by atoms with Crippen molar-refractivity contribution in [2.75, 3.05) is 19.0 Å². The van der Waals surface area contributed by atoms with E-state index in [0.717, 1.165) is 11.3 Å². The van der Waals surface area contributed by atoms with Gasteiger partial charge in [0.2, 0.25) is 5.91 Å². The third-order valence-corrected chi connectivity index (χ3v) is 3.61. The van der Waals surface area contributed by atoms with Crippen molar-refractivity contribution >= 4 is 17.5 Å². The average Bonchev–Trinajstić information content (AvgIpc) is 2.60. The highest BCUT2D eigenvalue weighted by Gasteiger charge is 2.14. The zero-order valence-electron chi connectivity index (χ0n) is 13.7. The Labute approximate surface area is 141 Å². The normalized spacial score (nSPS) is 11.4. The number of para-hydroxylation sites is 2. The second kappa shape index (κ2) is 8.01. The first-order chi connectivity index (χ1) is 11.5. The van der Waals surface area contributed by atoms with Crippen LogP contribution in [0.2, 0.25) is 0 Å². The number of rotatable bonds is 7. The summed E-state index contributed by atoms with van der Waals surface area (Å²) in [5, 5.41) is 5.83. The molecule has 0 bridgehead atoms. The lowest BCUT2D eigenvalue weighted by Crippen LogP contribution is -2.32. The Morgan fingerprint density at radius 2 is 1.79 bits per heavy atom. The van der Waals surface area contributed by atoms with Crippen LogP contribution in [0.1, 0.15) is 28.9 Å². The number of ether oxygens (including phenoxy) is 1. The van der Waals surface area contributed by atoms with E-state index in [-0.39, 0.29) is 18.5 Å². The number of amides is 2. The van der Waals surface area contributed by atoms with Crippen LogP contribution in [0.5, 0.6) is 5.75 Å². The fourth-order valence-electron chi connectivity index (χ4n) is 2.42. The Hall–Kier alpha value is -3.02.